The molecule has 2 bridgehead atoms. The largest absolute Gasteiger partial charge is 0.458 e. The molecule has 0 radical (unpaired) electrons. The number of ketones is 3. The van der Waals surface area contributed by atoms with Gasteiger partial charge in [0.25, 0.3) is 0 Å². The van der Waals surface area contributed by atoms with Crippen molar-refractivity contribution in [1.29, 1.82) is 0 Å². The number of rotatable bonds is 3. The van der Waals surface area contributed by atoms with Crippen LogP contribution >= 0.6 is 0 Å². The van der Waals surface area contributed by atoms with E-state index in [2.05, 4.69) is 0 Å². The van der Waals surface area contributed by atoms with Crippen molar-refractivity contribution < 1.29 is 58.9 Å². The third kappa shape index (κ3) is 11.6. The number of ether oxygens (including phenoxy) is 3. The second kappa shape index (κ2) is 21.1. The van der Waals surface area contributed by atoms with E-state index in [-0.39, 0.29) is 48.6 Å². The molecule has 0 amide bonds. The molecule has 2 fully saturated rings. The molecular weight excluding hydrogens is 732 g/mol. The molecule has 0 aromatic carbocycles. The minimum atomic E-state index is -1.79. The predicted octanol–water partition coefficient (Wildman–Crippen LogP) is 4.92. The summed E-state index contributed by atoms with van der Waals surface area (Å²) in [5.74, 6) is -10.1. The molecule has 324 valence electrons. The SMILES string of the molecule is CCC1C=CC=CCC(C)C(O)C(C)C(=O)C(C)C(O)C(C)C(=O)C(C)C(O)C(C)C=CC(=O)OC2C(C)C(CC1O)OC1(OC(CC(C)O)C(C)CC1=O)C2C. The quantitative estimate of drug-likeness (QED) is 0.242. The topological polar surface area (TPSA) is 197 Å². The summed E-state index contributed by atoms with van der Waals surface area (Å²) < 4.78 is 19.3. The van der Waals surface area contributed by atoms with Crippen LogP contribution in [-0.4, -0.2) is 103 Å². The van der Waals surface area contributed by atoms with Crippen molar-refractivity contribution >= 4 is 23.3 Å². The summed E-state index contributed by atoms with van der Waals surface area (Å²) >= 11 is 0. The first-order valence-corrected chi connectivity index (χ1v) is 21.2. The van der Waals surface area contributed by atoms with Crippen LogP contribution in [0.1, 0.15) is 108 Å². The molecular formula is C45H72O12. The van der Waals surface area contributed by atoms with Gasteiger partial charge in [0.05, 0.1) is 48.6 Å². The molecule has 5 N–H and O–H groups in total. The highest BCUT2D eigenvalue weighted by molar-refractivity contribution is 5.88. The molecule has 2 saturated heterocycles. The highest BCUT2D eigenvalue weighted by atomic mass is 16.7. The van der Waals surface area contributed by atoms with Crippen LogP contribution < -0.4 is 0 Å². The fourth-order valence-electron chi connectivity index (χ4n) is 8.91. The van der Waals surface area contributed by atoms with Gasteiger partial charge in [-0.15, -0.1) is 0 Å². The van der Waals surface area contributed by atoms with Gasteiger partial charge < -0.3 is 39.7 Å². The van der Waals surface area contributed by atoms with E-state index in [0.717, 1.165) is 0 Å². The Morgan fingerprint density at radius 3 is 1.93 bits per heavy atom. The van der Waals surface area contributed by atoms with Crippen LogP contribution in [0.4, 0.5) is 0 Å². The first kappa shape index (κ1) is 48.8. The molecule has 0 aliphatic carbocycles. The number of allylic oxidation sites excluding steroid dienone is 3. The van der Waals surface area contributed by atoms with Crippen LogP contribution in [0.2, 0.25) is 0 Å². The van der Waals surface area contributed by atoms with E-state index in [1.54, 1.807) is 27.7 Å². The number of Topliss-reactive ketones (excluding diaryl/α,β-unsaturated/α-hetero) is 3. The normalized spacial score (nSPS) is 44.5. The monoisotopic (exact) mass is 805 g/mol. The fourth-order valence-corrected chi connectivity index (χ4v) is 8.91. The highest BCUT2D eigenvalue weighted by Crippen LogP contribution is 2.47. The lowest BCUT2D eigenvalue weighted by Crippen LogP contribution is -2.66. The van der Waals surface area contributed by atoms with E-state index >= 15 is 0 Å². The minimum Gasteiger partial charge on any atom is -0.458 e. The van der Waals surface area contributed by atoms with Crippen LogP contribution in [0.25, 0.3) is 0 Å². The Bertz CT molecular complexity index is 1450. The molecule has 3 aliphatic heterocycles. The van der Waals surface area contributed by atoms with Crippen LogP contribution in [0.3, 0.4) is 0 Å². The van der Waals surface area contributed by atoms with Gasteiger partial charge in [0.1, 0.15) is 17.7 Å². The first-order valence-electron chi connectivity index (χ1n) is 21.2. The lowest BCUT2D eigenvalue weighted by molar-refractivity contribution is -0.345. The zero-order chi connectivity index (χ0) is 43.1. The van der Waals surface area contributed by atoms with Gasteiger partial charge in [0.15, 0.2) is 5.78 Å². The van der Waals surface area contributed by atoms with Crippen molar-refractivity contribution in [3.8, 4) is 0 Å². The van der Waals surface area contributed by atoms with Crippen molar-refractivity contribution in [2.45, 2.75) is 163 Å². The van der Waals surface area contributed by atoms with Gasteiger partial charge in [-0.05, 0) is 38.0 Å². The van der Waals surface area contributed by atoms with Gasteiger partial charge in [0.2, 0.25) is 5.79 Å². The van der Waals surface area contributed by atoms with Crippen molar-refractivity contribution in [2.75, 3.05) is 0 Å². The molecule has 12 heteroatoms. The number of aliphatic hydroxyl groups excluding tert-OH is 5. The summed E-state index contributed by atoms with van der Waals surface area (Å²) in [6.45, 7) is 18.8. The van der Waals surface area contributed by atoms with E-state index in [1.807, 2.05) is 52.0 Å². The van der Waals surface area contributed by atoms with Gasteiger partial charge in [-0.1, -0.05) is 99.6 Å². The maximum Gasteiger partial charge on any atom is 0.330 e. The predicted molar refractivity (Wildman–Crippen MR) is 215 cm³/mol. The zero-order valence-electron chi connectivity index (χ0n) is 36.0. The number of esters is 1. The molecule has 19 unspecified atom stereocenters. The summed E-state index contributed by atoms with van der Waals surface area (Å²) in [4.78, 5) is 54.5. The van der Waals surface area contributed by atoms with Crippen LogP contribution in [-0.2, 0) is 33.4 Å². The molecule has 3 rings (SSSR count). The highest BCUT2D eigenvalue weighted by Gasteiger charge is 2.61. The first-order chi connectivity index (χ1) is 26.6. The minimum absolute atomic E-state index is 0.106. The van der Waals surface area contributed by atoms with Gasteiger partial charge >= 0.3 is 5.97 Å². The second-order valence-electron chi connectivity index (χ2n) is 17.8. The number of aliphatic hydroxyl groups is 5. The van der Waals surface area contributed by atoms with Crippen LogP contribution in [0.15, 0.2) is 36.5 Å². The number of carbonyl (C=O) groups is 4. The number of fused-ring (bicyclic) bond motifs is 2. The molecule has 0 aromatic rings. The fraction of sp³-hybridized carbons (Fsp3) is 0.778. The third-order valence-corrected chi connectivity index (χ3v) is 13.3. The molecule has 3 aliphatic rings. The number of hydrogen-bond donors (Lipinski definition) is 5. The Labute approximate surface area is 340 Å². The second-order valence-corrected chi connectivity index (χ2v) is 17.8. The van der Waals surface area contributed by atoms with Gasteiger partial charge in [-0.3, -0.25) is 14.4 Å². The maximum absolute atomic E-state index is 14.0. The molecule has 12 nitrogen and oxygen atoms in total. The smallest absolute Gasteiger partial charge is 0.330 e. The van der Waals surface area contributed by atoms with Gasteiger partial charge in [-0.25, -0.2) is 4.79 Å². The van der Waals surface area contributed by atoms with Crippen LogP contribution in [0.5, 0.6) is 0 Å². The number of carbonyl (C=O) groups excluding carboxylic acids is 4. The molecule has 57 heavy (non-hydrogen) atoms. The third-order valence-electron chi connectivity index (χ3n) is 13.3. The molecule has 19 atom stereocenters. The van der Waals surface area contributed by atoms with E-state index in [9.17, 15) is 44.7 Å². The van der Waals surface area contributed by atoms with Gasteiger partial charge in [0, 0.05) is 60.3 Å². The maximum atomic E-state index is 14.0. The van der Waals surface area contributed by atoms with Crippen molar-refractivity contribution in [1.82, 2.24) is 0 Å². The van der Waals surface area contributed by atoms with Crippen molar-refractivity contribution in [2.24, 2.45) is 59.2 Å². The molecule has 0 saturated carbocycles. The van der Waals surface area contributed by atoms with Crippen molar-refractivity contribution in [3.63, 3.8) is 0 Å². The Kier molecular flexibility index (Phi) is 18.1. The zero-order valence-corrected chi connectivity index (χ0v) is 36.0. The molecule has 0 aromatic heterocycles. The number of hydrogen-bond acceptors (Lipinski definition) is 12. The summed E-state index contributed by atoms with van der Waals surface area (Å²) in [6.07, 6.45) is 4.21. The Morgan fingerprint density at radius 1 is 0.772 bits per heavy atom. The Morgan fingerprint density at radius 2 is 1.35 bits per heavy atom. The Balaban J connectivity index is 2.04. The average molecular weight is 805 g/mol. The lowest BCUT2D eigenvalue weighted by atomic mass is 9.74. The average Bonchev–Trinajstić information content (AvgIpc) is 3.17. The summed E-state index contributed by atoms with van der Waals surface area (Å²) in [5.41, 5.74) is 0. The van der Waals surface area contributed by atoms with E-state index in [0.29, 0.717) is 12.8 Å². The van der Waals surface area contributed by atoms with Crippen molar-refractivity contribution in [3.05, 3.63) is 36.5 Å². The van der Waals surface area contributed by atoms with E-state index in [1.165, 1.54) is 32.9 Å². The molecule has 1 spiro atoms. The summed E-state index contributed by atoms with van der Waals surface area (Å²) in [7, 11) is 0. The summed E-state index contributed by atoms with van der Waals surface area (Å²) in [5, 5.41) is 55.3. The van der Waals surface area contributed by atoms with Gasteiger partial charge in [-0.2, -0.15) is 0 Å². The lowest BCUT2D eigenvalue weighted by Gasteiger charge is -2.54. The van der Waals surface area contributed by atoms with E-state index < -0.39 is 108 Å². The summed E-state index contributed by atoms with van der Waals surface area (Å²) in [6, 6.07) is 0. The van der Waals surface area contributed by atoms with Crippen LogP contribution in [0, 0.1) is 59.2 Å². The molecule has 3 heterocycles. The standard InChI is InChI=1S/C45H72O12/c1-12-33-17-15-13-14-16-23(2)39(50)28(7)41(52)30(9)43(54)31(10)42(53)29(8)40(51)24(3)18-19-38(49)55-44-27(6)36(22-34(33)47)57-45(32(44)11)37(48)20-25(4)35(56-45)21-26(5)46/h13-15,17-19,23-36,39-40,43-44,46-47,50-51,54H,12,16,20-22H2,1-11H3. The van der Waals surface area contributed by atoms with E-state index in [4.69, 9.17) is 14.2 Å². The Hall–Kier alpha value is -2.58.